The second kappa shape index (κ2) is 5.14. The third kappa shape index (κ3) is 2.17. The van der Waals surface area contributed by atoms with Crippen LogP contribution in [0.5, 0.6) is 5.75 Å². The van der Waals surface area contributed by atoms with Gasteiger partial charge in [0.15, 0.2) is 11.6 Å². The van der Waals surface area contributed by atoms with Crippen molar-refractivity contribution >= 4 is 22.6 Å². The highest BCUT2D eigenvalue weighted by Crippen LogP contribution is 2.28. The van der Waals surface area contributed by atoms with Crippen LogP contribution in [0.3, 0.4) is 0 Å². The van der Waals surface area contributed by atoms with Gasteiger partial charge in [0.1, 0.15) is 5.82 Å². The molecule has 1 aromatic carbocycles. The summed E-state index contributed by atoms with van der Waals surface area (Å²) in [6, 6.07) is 3.34. The molecule has 2 rings (SSSR count). The average molecular weight is 271 g/mol. The number of aryl methyl sites for hydroxylation is 1. The lowest BCUT2D eigenvalue weighted by atomic mass is 10.2. The highest BCUT2D eigenvalue weighted by atomic mass is 35.5. The Morgan fingerprint density at radius 3 is 2.72 bits per heavy atom. The minimum atomic E-state index is -0.393. The van der Waals surface area contributed by atoms with Gasteiger partial charge in [0.2, 0.25) is 0 Å². The van der Waals surface area contributed by atoms with Crippen LogP contribution in [-0.4, -0.2) is 22.5 Å². The molecule has 0 atom stereocenters. The highest BCUT2D eigenvalue weighted by molar-refractivity contribution is 6.17. The third-order valence-electron chi connectivity index (χ3n) is 2.87. The standard InChI is InChI=1S/C13H16ClFN2O/c1-8(2)17-11-7-12(18-3)9(15)6-10(11)16-13(17)4-5-14/h6-8H,4-5H2,1-3H3. The Balaban J connectivity index is 2.70. The molecule has 0 spiro atoms. The second-order valence-corrected chi connectivity index (χ2v) is 4.78. The fraction of sp³-hybridized carbons (Fsp3) is 0.462. The summed E-state index contributed by atoms with van der Waals surface area (Å²) in [6.07, 6.45) is 0.665. The predicted octanol–water partition coefficient (Wildman–Crippen LogP) is 3.55. The van der Waals surface area contributed by atoms with Gasteiger partial charge in [-0.05, 0) is 13.8 Å². The molecule has 5 heteroatoms. The van der Waals surface area contributed by atoms with Crippen LogP contribution in [0.25, 0.3) is 11.0 Å². The van der Waals surface area contributed by atoms with Gasteiger partial charge in [-0.25, -0.2) is 9.37 Å². The van der Waals surface area contributed by atoms with E-state index in [1.807, 2.05) is 0 Å². The molecule has 0 aliphatic rings. The summed E-state index contributed by atoms with van der Waals surface area (Å²) in [6.45, 7) is 4.13. The van der Waals surface area contributed by atoms with E-state index in [4.69, 9.17) is 16.3 Å². The lowest BCUT2D eigenvalue weighted by molar-refractivity contribution is 0.387. The third-order valence-corrected chi connectivity index (χ3v) is 3.06. The molecular formula is C13H16ClFN2O. The van der Waals surface area contributed by atoms with Gasteiger partial charge in [0.05, 0.1) is 18.1 Å². The van der Waals surface area contributed by atoms with Crippen LogP contribution in [0.4, 0.5) is 4.39 Å². The van der Waals surface area contributed by atoms with E-state index in [1.165, 1.54) is 13.2 Å². The van der Waals surface area contributed by atoms with E-state index in [0.29, 0.717) is 17.8 Å². The lowest BCUT2D eigenvalue weighted by Crippen LogP contribution is -2.07. The first-order chi connectivity index (χ1) is 8.58. The first kappa shape index (κ1) is 13.1. The summed E-state index contributed by atoms with van der Waals surface area (Å²) in [4.78, 5) is 4.44. The Morgan fingerprint density at radius 1 is 1.44 bits per heavy atom. The maximum Gasteiger partial charge on any atom is 0.167 e. The van der Waals surface area contributed by atoms with Gasteiger partial charge in [-0.15, -0.1) is 11.6 Å². The van der Waals surface area contributed by atoms with Crippen molar-refractivity contribution in [3.05, 3.63) is 23.8 Å². The van der Waals surface area contributed by atoms with E-state index >= 15 is 0 Å². The molecule has 0 saturated carbocycles. The summed E-state index contributed by atoms with van der Waals surface area (Å²) in [7, 11) is 1.46. The number of imidazole rings is 1. The number of halogens is 2. The van der Waals surface area contributed by atoms with E-state index in [1.54, 1.807) is 6.07 Å². The van der Waals surface area contributed by atoms with Crippen LogP contribution in [0, 0.1) is 5.82 Å². The number of hydrogen-bond acceptors (Lipinski definition) is 2. The molecule has 1 heterocycles. The SMILES string of the molecule is COc1cc2c(cc1F)nc(CCCl)n2C(C)C. The Hall–Kier alpha value is -1.29. The van der Waals surface area contributed by atoms with E-state index in [-0.39, 0.29) is 11.8 Å². The topological polar surface area (TPSA) is 27.1 Å². The Bertz CT molecular complexity index is 566. The number of hydrogen-bond donors (Lipinski definition) is 0. The maximum absolute atomic E-state index is 13.6. The number of rotatable bonds is 4. The van der Waals surface area contributed by atoms with E-state index in [2.05, 4.69) is 23.4 Å². The summed E-state index contributed by atoms with van der Waals surface area (Å²) in [5.41, 5.74) is 1.52. The molecule has 0 bridgehead atoms. The number of benzene rings is 1. The molecule has 0 aliphatic carbocycles. The first-order valence-electron chi connectivity index (χ1n) is 5.88. The van der Waals surface area contributed by atoms with Crippen molar-refractivity contribution in [2.75, 3.05) is 13.0 Å². The second-order valence-electron chi connectivity index (χ2n) is 4.41. The van der Waals surface area contributed by atoms with Gasteiger partial charge >= 0.3 is 0 Å². The number of aromatic nitrogens is 2. The molecule has 2 aromatic rings. The van der Waals surface area contributed by atoms with Crippen LogP contribution >= 0.6 is 11.6 Å². The van der Waals surface area contributed by atoms with Crippen molar-refractivity contribution in [1.29, 1.82) is 0 Å². The summed E-state index contributed by atoms with van der Waals surface area (Å²) in [5, 5.41) is 0. The quantitative estimate of drug-likeness (QED) is 0.795. The fourth-order valence-corrected chi connectivity index (χ4v) is 2.31. The summed E-state index contributed by atoms with van der Waals surface area (Å²) >= 11 is 5.78. The van der Waals surface area contributed by atoms with Gasteiger partial charge in [-0.2, -0.15) is 0 Å². The molecule has 3 nitrogen and oxygen atoms in total. The monoisotopic (exact) mass is 270 g/mol. The van der Waals surface area contributed by atoms with E-state index < -0.39 is 5.82 Å². The van der Waals surface area contributed by atoms with Crippen LogP contribution < -0.4 is 4.74 Å². The van der Waals surface area contributed by atoms with Crippen molar-refractivity contribution in [2.24, 2.45) is 0 Å². The average Bonchev–Trinajstić information content (AvgIpc) is 2.65. The molecule has 0 aliphatic heterocycles. The largest absolute Gasteiger partial charge is 0.494 e. The first-order valence-corrected chi connectivity index (χ1v) is 6.42. The van der Waals surface area contributed by atoms with Crippen LogP contribution in [-0.2, 0) is 6.42 Å². The summed E-state index contributed by atoms with van der Waals surface area (Å²) < 4.78 is 20.7. The van der Waals surface area contributed by atoms with Crippen LogP contribution in [0.1, 0.15) is 25.7 Å². The smallest absolute Gasteiger partial charge is 0.167 e. The number of fused-ring (bicyclic) bond motifs is 1. The molecule has 18 heavy (non-hydrogen) atoms. The van der Waals surface area contributed by atoms with Gasteiger partial charge in [0.25, 0.3) is 0 Å². The predicted molar refractivity (Wildman–Crippen MR) is 71.1 cm³/mol. The molecule has 0 radical (unpaired) electrons. The normalized spacial score (nSPS) is 11.4. The van der Waals surface area contributed by atoms with Crippen LogP contribution in [0.2, 0.25) is 0 Å². The number of methoxy groups -OCH3 is 1. The van der Waals surface area contributed by atoms with Gasteiger partial charge < -0.3 is 9.30 Å². The number of alkyl halides is 1. The number of ether oxygens (including phenoxy) is 1. The van der Waals surface area contributed by atoms with Crippen LogP contribution in [0.15, 0.2) is 12.1 Å². The minimum absolute atomic E-state index is 0.238. The molecular weight excluding hydrogens is 255 g/mol. The Kier molecular flexibility index (Phi) is 3.76. The van der Waals surface area contributed by atoms with Gasteiger partial charge in [0, 0.05) is 30.5 Å². The molecule has 0 unspecified atom stereocenters. The molecule has 98 valence electrons. The fourth-order valence-electron chi connectivity index (χ4n) is 2.14. The van der Waals surface area contributed by atoms with Gasteiger partial charge in [-0.1, -0.05) is 0 Å². The van der Waals surface area contributed by atoms with Crippen molar-refractivity contribution in [3.8, 4) is 5.75 Å². The Labute approximate surface area is 111 Å². The molecule has 0 saturated heterocycles. The highest BCUT2D eigenvalue weighted by Gasteiger charge is 2.16. The Morgan fingerprint density at radius 2 is 2.17 bits per heavy atom. The van der Waals surface area contributed by atoms with Crippen molar-refractivity contribution in [3.63, 3.8) is 0 Å². The maximum atomic E-state index is 13.6. The zero-order valence-electron chi connectivity index (χ0n) is 10.7. The molecule has 1 aromatic heterocycles. The van der Waals surface area contributed by atoms with Crippen molar-refractivity contribution < 1.29 is 9.13 Å². The zero-order valence-corrected chi connectivity index (χ0v) is 11.5. The molecule has 0 fully saturated rings. The summed E-state index contributed by atoms with van der Waals surface area (Å²) in [5.74, 6) is 1.22. The van der Waals surface area contributed by atoms with Crippen molar-refractivity contribution in [2.45, 2.75) is 26.3 Å². The minimum Gasteiger partial charge on any atom is -0.494 e. The van der Waals surface area contributed by atoms with E-state index in [9.17, 15) is 4.39 Å². The number of nitrogens with zero attached hydrogens (tertiary/aromatic N) is 2. The molecule has 0 N–H and O–H groups in total. The van der Waals surface area contributed by atoms with E-state index in [0.717, 1.165) is 11.3 Å². The van der Waals surface area contributed by atoms with Gasteiger partial charge in [-0.3, -0.25) is 0 Å². The lowest BCUT2D eigenvalue weighted by Gasteiger charge is -2.12. The molecule has 0 amide bonds. The zero-order chi connectivity index (χ0) is 13.3. The van der Waals surface area contributed by atoms with Crippen molar-refractivity contribution in [1.82, 2.24) is 9.55 Å².